The molecule has 0 aromatic heterocycles. The Hall–Kier alpha value is -0.390. The summed E-state index contributed by atoms with van der Waals surface area (Å²) < 4.78 is 5.97. The number of carbonyl (C=O) groups is 1. The van der Waals surface area contributed by atoms with Crippen LogP contribution < -0.4 is 5.32 Å². The zero-order valence-corrected chi connectivity index (χ0v) is 13.7. The fraction of sp³-hybridized carbons (Fsp3) is 0.462. The summed E-state index contributed by atoms with van der Waals surface area (Å²) in [5.74, 6) is -0.0469. The number of carbonyl (C=O) groups excluding carboxylic acids is 1. The number of ether oxygens (including phenoxy) is 1. The molecule has 0 fully saturated rings. The third-order valence-corrected chi connectivity index (χ3v) is 4.34. The van der Waals surface area contributed by atoms with Crippen molar-refractivity contribution in [3.8, 4) is 0 Å². The van der Waals surface area contributed by atoms with Crippen LogP contribution in [0.25, 0.3) is 0 Å². The van der Waals surface area contributed by atoms with Gasteiger partial charge in [-0.1, -0.05) is 37.9 Å². The van der Waals surface area contributed by atoms with Crippen LogP contribution in [0.3, 0.4) is 0 Å². The summed E-state index contributed by atoms with van der Waals surface area (Å²) in [6, 6.07) is 5.70. The lowest BCUT2D eigenvalue weighted by Crippen LogP contribution is -2.37. The smallest absolute Gasteiger partial charge is 0.251 e. The van der Waals surface area contributed by atoms with Crippen molar-refractivity contribution < 1.29 is 9.53 Å². The van der Waals surface area contributed by atoms with Gasteiger partial charge in [0.05, 0.1) is 0 Å². The highest BCUT2D eigenvalue weighted by Crippen LogP contribution is 2.19. The van der Waals surface area contributed by atoms with Crippen LogP contribution in [0, 0.1) is 6.92 Å². The van der Waals surface area contributed by atoms with E-state index in [2.05, 4.69) is 37.2 Å². The van der Waals surface area contributed by atoms with Gasteiger partial charge in [-0.25, -0.2) is 0 Å². The second-order valence-corrected chi connectivity index (χ2v) is 5.52. The molecule has 3 nitrogen and oxygen atoms in total. The number of rotatable bonds is 6. The highest BCUT2D eigenvalue weighted by molar-refractivity contribution is 9.10. The van der Waals surface area contributed by atoms with E-state index in [1.54, 1.807) is 7.11 Å². The van der Waals surface area contributed by atoms with E-state index >= 15 is 0 Å². The van der Waals surface area contributed by atoms with Gasteiger partial charge < -0.3 is 10.1 Å². The van der Waals surface area contributed by atoms with Crippen molar-refractivity contribution in [3.63, 3.8) is 0 Å². The van der Waals surface area contributed by atoms with Crippen LogP contribution >= 0.6 is 31.9 Å². The standard InChI is InChI=1S/C13H17Br2NO2/c1-9-11(4-3-5-12(9)15)13(17)16-10(8-14)6-7-18-2/h3-5,10H,6-8H2,1-2H3,(H,16,17). The lowest BCUT2D eigenvalue weighted by molar-refractivity contribution is 0.0930. The van der Waals surface area contributed by atoms with E-state index in [4.69, 9.17) is 4.74 Å². The molecule has 0 aliphatic carbocycles. The Balaban J connectivity index is 2.72. The average molecular weight is 379 g/mol. The SMILES string of the molecule is COCCC(CBr)NC(=O)c1cccc(Br)c1C. The van der Waals surface area contributed by atoms with Gasteiger partial charge in [0.15, 0.2) is 0 Å². The minimum Gasteiger partial charge on any atom is -0.385 e. The Labute approximate surface area is 125 Å². The lowest BCUT2D eigenvalue weighted by atomic mass is 10.1. The molecule has 1 aromatic rings. The van der Waals surface area contributed by atoms with E-state index in [9.17, 15) is 4.79 Å². The predicted molar refractivity (Wildman–Crippen MR) is 80.4 cm³/mol. The normalized spacial score (nSPS) is 12.2. The van der Waals surface area contributed by atoms with Gasteiger partial charge in [0.1, 0.15) is 0 Å². The summed E-state index contributed by atoms with van der Waals surface area (Å²) >= 11 is 6.83. The van der Waals surface area contributed by atoms with E-state index in [0.29, 0.717) is 12.2 Å². The zero-order valence-electron chi connectivity index (χ0n) is 10.5. The number of amides is 1. The summed E-state index contributed by atoms with van der Waals surface area (Å²) in [6.45, 7) is 2.56. The maximum absolute atomic E-state index is 12.2. The molecule has 0 radical (unpaired) electrons. The highest BCUT2D eigenvalue weighted by Gasteiger charge is 2.15. The quantitative estimate of drug-likeness (QED) is 0.771. The summed E-state index contributed by atoms with van der Waals surface area (Å²) in [6.07, 6.45) is 0.792. The third-order valence-electron chi connectivity index (χ3n) is 2.70. The van der Waals surface area contributed by atoms with Crippen molar-refractivity contribution in [3.05, 3.63) is 33.8 Å². The average Bonchev–Trinajstić information content (AvgIpc) is 2.37. The second-order valence-electron chi connectivity index (χ2n) is 4.02. The molecule has 0 saturated carbocycles. The number of halogens is 2. The van der Waals surface area contributed by atoms with Crippen molar-refractivity contribution in [1.82, 2.24) is 5.32 Å². The molecule has 1 aromatic carbocycles. The Morgan fingerprint density at radius 2 is 2.22 bits per heavy atom. The first kappa shape index (κ1) is 15.7. The molecule has 0 saturated heterocycles. The van der Waals surface area contributed by atoms with Crippen LogP contribution in [-0.4, -0.2) is 31.0 Å². The van der Waals surface area contributed by atoms with Crippen molar-refractivity contribution in [2.24, 2.45) is 0 Å². The van der Waals surface area contributed by atoms with Gasteiger partial charge >= 0.3 is 0 Å². The van der Waals surface area contributed by atoms with Gasteiger partial charge in [-0.2, -0.15) is 0 Å². The maximum atomic E-state index is 12.2. The molecule has 0 heterocycles. The Morgan fingerprint density at radius 3 is 2.83 bits per heavy atom. The van der Waals surface area contributed by atoms with Crippen LogP contribution in [0.1, 0.15) is 22.3 Å². The van der Waals surface area contributed by atoms with Crippen LogP contribution in [0.4, 0.5) is 0 Å². The van der Waals surface area contributed by atoms with Gasteiger partial charge in [-0.15, -0.1) is 0 Å². The van der Waals surface area contributed by atoms with Crippen molar-refractivity contribution in [2.45, 2.75) is 19.4 Å². The molecule has 5 heteroatoms. The summed E-state index contributed by atoms with van der Waals surface area (Å²) in [7, 11) is 1.66. The second kappa shape index (κ2) is 7.92. The predicted octanol–water partition coefficient (Wildman–Crippen LogP) is 3.29. The summed E-state index contributed by atoms with van der Waals surface area (Å²) in [5.41, 5.74) is 1.66. The Bertz CT molecular complexity index is 410. The minimum atomic E-state index is -0.0469. The number of hydrogen-bond acceptors (Lipinski definition) is 2. The molecular formula is C13H17Br2NO2. The first-order valence-corrected chi connectivity index (χ1v) is 7.62. The van der Waals surface area contributed by atoms with E-state index in [-0.39, 0.29) is 11.9 Å². The summed E-state index contributed by atoms with van der Waals surface area (Å²) in [5, 5.41) is 3.72. The molecular weight excluding hydrogens is 362 g/mol. The van der Waals surface area contributed by atoms with E-state index in [1.165, 1.54) is 0 Å². The Kier molecular flexibility index (Phi) is 6.89. The van der Waals surface area contributed by atoms with Crippen molar-refractivity contribution in [1.29, 1.82) is 0 Å². The van der Waals surface area contributed by atoms with Crippen molar-refractivity contribution in [2.75, 3.05) is 19.0 Å². The zero-order chi connectivity index (χ0) is 13.5. The summed E-state index contributed by atoms with van der Waals surface area (Å²) in [4.78, 5) is 12.2. The number of benzene rings is 1. The van der Waals surface area contributed by atoms with Gasteiger partial charge in [-0.3, -0.25) is 4.79 Å². The number of alkyl halides is 1. The molecule has 0 aliphatic rings. The van der Waals surface area contributed by atoms with Crippen LogP contribution in [0.15, 0.2) is 22.7 Å². The first-order valence-electron chi connectivity index (χ1n) is 5.71. The number of methoxy groups -OCH3 is 1. The molecule has 1 rings (SSSR count). The van der Waals surface area contributed by atoms with Crippen LogP contribution in [0.5, 0.6) is 0 Å². The van der Waals surface area contributed by atoms with Crippen LogP contribution in [-0.2, 0) is 4.74 Å². The van der Waals surface area contributed by atoms with Crippen molar-refractivity contribution >= 4 is 37.8 Å². The first-order chi connectivity index (χ1) is 8.60. The highest BCUT2D eigenvalue weighted by atomic mass is 79.9. The molecule has 0 spiro atoms. The lowest BCUT2D eigenvalue weighted by Gasteiger charge is -2.17. The van der Waals surface area contributed by atoms with E-state index < -0.39 is 0 Å². The molecule has 1 atom stereocenters. The molecule has 18 heavy (non-hydrogen) atoms. The fourth-order valence-corrected chi connectivity index (χ4v) is 2.42. The third kappa shape index (κ3) is 4.37. The monoisotopic (exact) mass is 377 g/mol. The molecule has 0 bridgehead atoms. The Morgan fingerprint density at radius 1 is 1.50 bits per heavy atom. The fourth-order valence-electron chi connectivity index (χ4n) is 1.56. The molecule has 1 N–H and O–H groups in total. The number of nitrogens with one attached hydrogen (secondary N) is 1. The topological polar surface area (TPSA) is 38.3 Å². The number of hydrogen-bond donors (Lipinski definition) is 1. The maximum Gasteiger partial charge on any atom is 0.251 e. The molecule has 0 aliphatic heterocycles. The molecule has 100 valence electrons. The van der Waals surface area contributed by atoms with Gasteiger partial charge in [0.2, 0.25) is 0 Å². The van der Waals surface area contributed by atoms with Gasteiger partial charge in [-0.05, 0) is 31.0 Å². The minimum absolute atomic E-state index is 0.0469. The molecule has 1 unspecified atom stereocenters. The van der Waals surface area contributed by atoms with E-state index in [1.807, 2.05) is 25.1 Å². The largest absolute Gasteiger partial charge is 0.385 e. The van der Waals surface area contributed by atoms with Crippen LogP contribution in [0.2, 0.25) is 0 Å². The van der Waals surface area contributed by atoms with Gasteiger partial charge in [0, 0.05) is 35.1 Å². The van der Waals surface area contributed by atoms with Gasteiger partial charge in [0.25, 0.3) is 5.91 Å². The molecule has 1 amide bonds. The van der Waals surface area contributed by atoms with E-state index in [0.717, 1.165) is 21.8 Å².